The fourth-order valence-electron chi connectivity index (χ4n) is 4.82. The van der Waals surface area contributed by atoms with Crippen molar-refractivity contribution in [3.05, 3.63) is 59.3 Å². The van der Waals surface area contributed by atoms with Crippen LogP contribution in [0.2, 0.25) is 0 Å². The highest BCUT2D eigenvalue weighted by molar-refractivity contribution is 8.00. The number of anilines is 1. The molecule has 1 aromatic heterocycles. The zero-order chi connectivity index (χ0) is 29.9. The number of benzene rings is 2. The Morgan fingerprint density at radius 2 is 1.76 bits per heavy atom. The van der Waals surface area contributed by atoms with Crippen LogP contribution in [0.5, 0.6) is 17.2 Å². The van der Waals surface area contributed by atoms with E-state index in [-0.39, 0.29) is 40.8 Å². The minimum absolute atomic E-state index is 0.00503. The smallest absolute Gasteiger partial charge is 0.240 e. The molecule has 0 spiro atoms. The Labute approximate surface area is 246 Å². The fourth-order valence-corrected chi connectivity index (χ4v) is 6.01. The molecule has 1 aliphatic heterocycles. The average molecular weight is 581 g/mol. The van der Waals surface area contributed by atoms with Crippen LogP contribution >= 0.6 is 11.8 Å². The van der Waals surface area contributed by atoms with Crippen LogP contribution in [0.3, 0.4) is 0 Å². The minimum Gasteiger partial charge on any atom is -0.497 e. The zero-order valence-corrected chi connectivity index (χ0v) is 25.9. The first kappa shape index (κ1) is 30.3. The van der Waals surface area contributed by atoms with Crippen LogP contribution < -0.4 is 24.4 Å². The van der Waals surface area contributed by atoms with E-state index in [0.29, 0.717) is 23.1 Å². The van der Waals surface area contributed by atoms with Gasteiger partial charge in [0.25, 0.3) is 0 Å². The average Bonchev–Trinajstić information content (AvgIpc) is 3.30. The number of rotatable bonds is 9. The number of nitrogens with zero attached hydrogens (tertiary/aromatic N) is 3. The third-order valence-corrected chi connectivity index (χ3v) is 8.40. The summed E-state index contributed by atoms with van der Waals surface area (Å²) in [5.74, 6) is 2.35. The molecule has 2 heterocycles. The molecule has 41 heavy (non-hydrogen) atoms. The molecule has 3 aromatic rings. The first-order valence-electron chi connectivity index (χ1n) is 13.7. The maximum atomic E-state index is 13.8. The standard InChI is InChI=1S/C31H40N4O5S/c1-9-19(2)32-25(36)17-34-26(37)18-41-28(20-10-15-23(39-7)24(16-20)40-8)27-29(31(3,4)5)33-35(30(27)34)21-11-13-22(38-6)14-12-21/h10-16,19,28H,9,17-18H2,1-8H3,(H,32,36)/t19-,28-/m0/s1. The number of thioether (sulfide) groups is 1. The quantitative estimate of drug-likeness (QED) is 0.368. The first-order chi connectivity index (χ1) is 19.5. The molecule has 9 nitrogen and oxygen atoms in total. The Kier molecular flexibility index (Phi) is 9.21. The molecule has 0 fully saturated rings. The van der Waals surface area contributed by atoms with Crippen molar-refractivity contribution >= 4 is 29.4 Å². The minimum atomic E-state index is -0.366. The predicted octanol–water partition coefficient (Wildman–Crippen LogP) is 5.28. The lowest BCUT2D eigenvalue weighted by atomic mass is 9.87. The second kappa shape index (κ2) is 12.5. The Balaban J connectivity index is 1.99. The number of hydrogen-bond donors (Lipinski definition) is 1. The molecule has 10 heteroatoms. The Bertz CT molecular complexity index is 1400. The molecule has 2 aromatic carbocycles. The second-order valence-electron chi connectivity index (χ2n) is 11.1. The normalized spacial score (nSPS) is 16.0. The lowest BCUT2D eigenvalue weighted by Crippen LogP contribution is -2.44. The van der Waals surface area contributed by atoms with Crippen molar-refractivity contribution in [1.29, 1.82) is 0 Å². The van der Waals surface area contributed by atoms with Gasteiger partial charge >= 0.3 is 0 Å². The Morgan fingerprint density at radius 3 is 2.34 bits per heavy atom. The summed E-state index contributed by atoms with van der Waals surface area (Å²) in [7, 11) is 4.83. The molecular weight excluding hydrogens is 540 g/mol. The molecule has 0 radical (unpaired) electrons. The molecule has 0 saturated heterocycles. The molecule has 0 unspecified atom stereocenters. The van der Waals surface area contributed by atoms with Gasteiger partial charge in [-0.05, 0) is 55.3 Å². The molecule has 2 amide bonds. The van der Waals surface area contributed by atoms with Crippen molar-refractivity contribution in [1.82, 2.24) is 15.1 Å². The SMILES string of the molecule is CC[C@H](C)NC(=O)CN1C(=O)CS[C@@H](c2ccc(OC)c(OC)c2)c2c(C(C)(C)C)nn(-c3ccc(OC)cc3)c21. The molecule has 2 atom stereocenters. The largest absolute Gasteiger partial charge is 0.497 e. The number of hydrogen-bond acceptors (Lipinski definition) is 7. The summed E-state index contributed by atoms with van der Waals surface area (Å²) in [6.45, 7) is 10.2. The number of fused-ring (bicyclic) bond motifs is 1. The van der Waals surface area contributed by atoms with E-state index in [1.54, 1.807) is 30.9 Å². The molecular formula is C31H40N4O5S. The van der Waals surface area contributed by atoms with Gasteiger partial charge in [0, 0.05) is 17.0 Å². The highest BCUT2D eigenvalue weighted by atomic mass is 32.2. The number of methoxy groups -OCH3 is 3. The van der Waals surface area contributed by atoms with E-state index in [1.165, 1.54) is 11.8 Å². The maximum absolute atomic E-state index is 13.8. The van der Waals surface area contributed by atoms with Gasteiger partial charge in [-0.25, -0.2) is 4.68 Å². The van der Waals surface area contributed by atoms with E-state index < -0.39 is 0 Å². The number of nitrogens with one attached hydrogen (secondary N) is 1. The van der Waals surface area contributed by atoms with Crippen LogP contribution in [0.15, 0.2) is 42.5 Å². The lowest BCUT2D eigenvalue weighted by Gasteiger charge is -2.25. The van der Waals surface area contributed by atoms with Gasteiger partial charge in [0.2, 0.25) is 11.8 Å². The second-order valence-corrected chi connectivity index (χ2v) is 12.2. The Hall–Kier alpha value is -3.66. The fraction of sp³-hybridized carbons (Fsp3) is 0.452. The van der Waals surface area contributed by atoms with Gasteiger partial charge in [-0.2, -0.15) is 5.10 Å². The van der Waals surface area contributed by atoms with Crippen molar-refractivity contribution in [3.63, 3.8) is 0 Å². The van der Waals surface area contributed by atoms with Gasteiger partial charge in [0.15, 0.2) is 11.5 Å². The van der Waals surface area contributed by atoms with Crippen molar-refractivity contribution in [2.75, 3.05) is 38.5 Å². The number of ether oxygens (including phenoxy) is 3. The van der Waals surface area contributed by atoms with Gasteiger partial charge in [0.1, 0.15) is 18.1 Å². The summed E-state index contributed by atoms with van der Waals surface area (Å²) in [4.78, 5) is 28.6. The van der Waals surface area contributed by atoms with E-state index in [4.69, 9.17) is 19.3 Å². The van der Waals surface area contributed by atoms with Crippen LogP contribution in [-0.2, 0) is 15.0 Å². The number of aromatic nitrogens is 2. The number of amides is 2. The number of carbonyl (C=O) groups is 2. The molecule has 0 aliphatic carbocycles. The highest BCUT2D eigenvalue weighted by Crippen LogP contribution is 2.49. The highest BCUT2D eigenvalue weighted by Gasteiger charge is 2.40. The van der Waals surface area contributed by atoms with Crippen LogP contribution in [-0.4, -0.2) is 61.3 Å². The van der Waals surface area contributed by atoms with E-state index in [9.17, 15) is 9.59 Å². The van der Waals surface area contributed by atoms with Crippen molar-refractivity contribution in [3.8, 4) is 22.9 Å². The van der Waals surface area contributed by atoms with Crippen LogP contribution in [0.25, 0.3) is 5.69 Å². The summed E-state index contributed by atoms with van der Waals surface area (Å²) in [5.41, 5.74) is 3.09. The van der Waals surface area contributed by atoms with Gasteiger partial charge in [-0.3, -0.25) is 14.5 Å². The monoisotopic (exact) mass is 580 g/mol. The summed E-state index contributed by atoms with van der Waals surface area (Å²) < 4.78 is 18.3. The third kappa shape index (κ3) is 6.32. The van der Waals surface area contributed by atoms with E-state index in [2.05, 4.69) is 26.1 Å². The van der Waals surface area contributed by atoms with E-state index in [1.807, 2.05) is 56.3 Å². The number of carbonyl (C=O) groups excluding carboxylic acids is 2. The third-order valence-electron chi connectivity index (χ3n) is 7.15. The van der Waals surface area contributed by atoms with Gasteiger partial charge in [-0.15, -0.1) is 11.8 Å². The predicted molar refractivity (Wildman–Crippen MR) is 163 cm³/mol. The molecule has 0 bridgehead atoms. The van der Waals surface area contributed by atoms with E-state index in [0.717, 1.165) is 28.9 Å². The molecule has 1 aliphatic rings. The molecule has 220 valence electrons. The van der Waals surface area contributed by atoms with Gasteiger partial charge in [0.05, 0.1) is 43.7 Å². The van der Waals surface area contributed by atoms with Gasteiger partial charge in [-0.1, -0.05) is 33.8 Å². The molecule has 1 N–H and O–H groups in total. The summed E-state index contributed by atoms with van der Waals surface area (Å²) in [5, 5.41) is 7.89. The summed E-state index contributed by atoms with van der Waals surface area (Å²) in [6, 6.07) is 13.4. The maximum Gasteiger partial charge on any atom is 0.240 e. The van der Waals surface area contributed by atoms with Crippen LogP contribution in [0.1, 0.15) is 63.1 Å². The van der Waals surface area contributed by atoms with Crippen molar-refractivity contribution in [2.45, 2.75) is 57.7 Å². The zero-order valence-electron chi connectivity index (χ0n) is 25.1. The first-order valence-corrected chi connectivity index (χ1v) is 14.8. The Morgan fingerprint density at radius 1 is 1.07 bits per heavy atom. The van der Waals surface area contributed by atoms with Crippen LogP contribution in [0.4, 0.5) is 5.82 Å². The lowest BCUT2D eigenvalue weighted by molar-refractivity contribution is -0.123. The van der Waals surface area contributed by atoms with E-state index >= 15 is 0 Å². The van der Waals surface area contributed by atoms with Gasteiger partial charge < -0.3 is 19.5 Å². The van der Waals surface area contributed by atoms with Crippen molar-refractivity contribution < 1.29 is 23.8 Å². The van der Waals surface area contributed by atoms with Crippen LogP contribution in [0, 0.1) is 0 Å². The van der Waals surface area contributed by atoms with Crippen molar-refractivity contribution in [2.24, 2.45) is 0 Å². The summed E-state index contributed by atoms with van der Waals surface area (Å²) >= 11 is 1.52. The summed E-state index contributed by atoms with van der Waals surface area (Å²) in [6.07, 6.45) is 0.792. The molecule has 4 rings (SSSR count). The topological polar surface area (TPSA) is 94.9 Å². The molecule has 0 saturated carbocycles.